The van der Waals surface area contributed by atoms with Crippen molar-refractivity contribution in [3.63, 3.8) is 0 Å². The molecule has 2 aromatic rings. The van der Waals surface area contributed by atoms with Crippen LogP contribution in [0.4, 0.5) is 0 Å². The normalized spacial score (nSPS) is 10.4. The molecule has 5 heteroatoms. The minimum atomic E-state index is 0.156. The van der Waals surface area contributed by atoms with Crippen molar-refractivity contribution >= 4 is 0 Å². The average Bonchev–Trinajstić information content (AvgIpc) is 2.58. The Morgan fingerprint density at radius 3 is 2.27 bits per heavy atom. The molecule has 0 saturated heterocycles. The molecule has 0 amide bonds. The van der Waals surface area contributed by atoms with Gasteiger partial charge in [-0.05, 0) is 36.6 Å². The molecular weight excluding hydrogens is 282 g/mol. The van der Waals surface area contributed by atoms with Crippen molar-refractivity contribution in [3.05, 3.63) is 36.0 Å². The fourth-order valence-electron chi connectivity index (χ4n) is 2.39. The molecule has 0 radical (unpaired) electrons. The predicted octanol–water partition coefficient (Wildman–Crippen LogP) is 2.70. The van der Waals surface area contributed by atoms with Crippen molar-refractivity contribution in [1.82, 2.24) is 4.98 Å². The summed E-state index contributed by atoms with van der Waals surface area (Å²) in [7, 11) is 4.76. The molecule has 5 nitrogen and oxygen atoms in total. The molecule has 0 aliphatic rings. The highest BCUT2D eigenvalue weighted by atomic mass is 16.5. The van der Waals surface area contributed by atoms with Crippen LogP contribution < -0.4 is 14.2 Å². The SMILES string of the molecule is COc1cc(-c2ncccc2CCCO)cc(OC)c1OC. The van der Waals surface area contributed by atoms with E-state index >= 15 is 0 Å². The monoisotopic (exact) mass is 303 g/mol. The number of pyridine rings is 1. The van der Waals surface area contributed by atoms with Gasteiger partial charge in [-0.3, -0.25) is 4.98 Å². The van der Waals surface area contributed by atoms with Gasteiger partial charge in [-0.1, -0.05) is 6.07 Å². The first kappa shape index (κ1) is 16.1. The summed E-state index contributed by atoms with van der Waals surface area (Å²) < 4.78 is 16.1. The molecule has 0 aliphatic carbocycles. The van der Waals surface area contributed by atoms with Crippen LogP contribution in [-0.4, -0.2) is 38.0 Å². The largest absolute Gasteiger partial charge is 0.493 e. The standard InChI is InChI=1S/C17H21NO4/c1-20-14-10-13(11-15(21-2)17(14)22-3)16-12(7-5-9-19)6-4-8-18-16/h4,6,8,10-11,19H,5,7,9H2,1-3H3. The quantitative estimate of drug-likeness (QED) is 0.852. The van der Waals surface area contributed by atoms with Gasteiger partial charge >= 0.3 is 0 Å². The van der Waals surface area contributed by atoms with Crippen molar-refractivity contribution in [2.75, 3.05) is 27.9 Å². The van der Waals surface area contributed by atoms with Gasteiger partial charge in [0.1, 0.15) is 0 Å². The van der Waals surface area contributed by atoms with Crippen LogP contribution in [0.2, 0.25) is 0 Å². The number of benzene rings is 1. The van der Waals surface area contributed by atoms with Crippen LogP contribution in [0.5, 0.6) is 17.2 Å². The summed E-state index contributed by atoms with van der Waals surface area (Å²) in [5.41, 5.74) is 2.82. The number of methoxy groups -OCH3 is 3. The molecule has 0 saturated carbocycles. The lowest BCUT2D eigenvalue weighted by atomic mass is 10.0. The maximum absolute atomic E-state index is 9.04. The fourth-order valence-corrected chi connectivity index (χ4v) is 2.39. The third kappa shape index (κ3) is 3.31. The van der Waals surface area contributed by atoms with E-state index in [4.69, 9.17) is 19.3 Å². The number of aryl methyl sites for hydroxylation is 1. The summed E-state index contributed by atoms with van der Waals surface area (Å²) >= 11 is 0. The Morgan fingerprint density at radius 1 is 1.05 bits per heavy atom. The molecular formula is C17H21NO4. The summed E-state index contributed by atoms with van der Waals surface area (Å²) in [4.78, 5) is 4.47. The molecule has 118 valence electrons. The van der Waals surface area contributed by atoms with Crippen molar-refractivity contribution in [2.24, 2.45) is 0 Å². The number of rotatable bonds is 7. The predicted molar refractivity (Wildman–Crippen MR) is 84.7 cm³/mol. The molecule has 1 N–H and O–H groups in total. The first-order valence-electron chi connectivity index (χ1n) is 7.10. The Balaban J connectivity index is 2.53. The van der Waals surface area contributed by atoms with Crippen molar-refractivity contribution in [3.8, 4) is 28.5 Å². The second kappa shape index (κ2) is 7.66. The van der Waals surface area contributed by atoms with Gasteiger partial charge in [-0.15, -0.1) is 0 Å². The van der Waals surface area contributed by atoms with Gasteiger partial charge in [0.2, 0.25) is 5.75 Å². The summed E-state index contributed by atoms with van der Waals surface area (Å²) in [6.45, 7) is 0.156. The number of hydrogen-bond acceptors (Lipinski definition) is 5. The van der Waals surface area contributed by atoms with Crippen LogP contribution in [0, 0.1) is 0 Å². The molecule has 0 fully saturated rings. The van der Waals surface area contributed by atoms with Gasteiger partial charge in [0.25, 0.3) is 0 Å². The Bertz CT molecular complexity index is 603. The smallest absolute Gasteiger partial charge is 0.203 e. The summed E-state index contributed by atoms with van der Waals surface area (Å²) in [6.07, 6.45) is 3.21. The molecule has 22 heavy (non-hydrogen) atoms. The topological polar surface area (TPSA) is 60.8 Å². The Kier molecular flexibility index (Phi) is 5.61. The van der Waals surface area contributed by atoms with E-state index < -0.39 is 0 Å². The lowest BCUT2D eigenvalue weighted by molar-refractivity contribution is 0.288. The first-order chi connectivity index (χ1) is 10.7. The maximum atomic E-state index is 9.04. The molecule has 2 rings (SSSR count). The van der Waals surface area contributed by atoms with Gasteiger partial charge in [0, 0.05) is 18.4 Å². The zero-order chi connectivity index (χ0) is 15.9. The highest BCUT2D eigenvalue weighted by molar-refractivity contribution is 5.70. The van der Waals surface area contributed by atoms with Crippen molar-refractivity contribution in [1.29, 1.82) is 0 Å². The maximum Gasteiger partial charge on any atom is 0.203 e. The van der Waals surface area contributed by atoms with E-state index in [0.29, 0.717) is 23.7 Å². The highest BCUT2D eigenvalue weighted by Gasteiger charge is 2.16. The van der Waals surface area contributed by atoms with Gasteiger partial charge in [-0.25, -0.2) is 0 Å². The number of ether oxygens (including phenoxy) is 3. The van der Waals surface area contributed by atoms with E-state index in [-0.39, 0.29) is 6.61 Å². The Labute approximate surface area is 130 Å². The Hall–Kier alpha value is -2.27. The minimum absolute atomic E-state index is 0.156. The van der Waals surface area contributed by atoms with Crippen LogP contribution in [0.25, 0.3) is 11.3 Å². The van der Waals surface area contributed by atoms with Crippen LogP contribution in [-0.2, 0) is 6.42 Å². The van der Waals surface area contributed by atoms with E-state index in [2.05, 4.69) is 4.98 Å². The van der Waals surface area contributed by atoms with Gasteiger partial charge < -0.3 is 19.3 Å². The second-order valence-corrected chi connectivity index (χ2v) is 4.75. The van der Waals surface area contributed by atoms with Gasteiger partial charge in [0.05, 0.1) is 27.0 Å². The average molecular weight is 303 g/mol. The lowest BCUT2D eigenvalue weighted by Crippen LogP contribution is -1.99. The molecule has 0 atom stereocenters. The fraction of sp³-hybridized carbons (Fsp3) is 0.353. The van der Waals surface area contributed by atoms with Crippen LogP contribution >= 0.6 is 0 Å². The van der Waals surface area contributed by atoms with E-state index in [0.717, 1.165) is 23.2 Å². The molecule has 0 aliphatic heterocycles. The zero-order valence-electron chi connectivity index (χ0n) is 13.1. The van der Waals surface area contributed by atoms with Gasteiger partial charge in [0.15, 0.2) is 11.5 Å². The van der Waals surface area contributed by atoms with Crippen molar-refractivity contribution < 1.29 is 19.3 Å². The van der Waals surface area contributed by atoms with E-state index in [1.165, 1.54) is 0 Å². The van der Waals surface area contributed by atoms with E-state index in [1.807, 2.05) is 24.3 Å². The molecule has 1 aromatic heterocycles. The number of aliphatic hydroxyl groups is 1. The summed E-state index contributed by atoms with van der Waals surface area (Å²) in [5, 5.41) is 9.04. The van der Waals surface area contributed by atoms with E-state index in [9.17, 15) is 0 Å². The van der Waals surface area contributed by atoms with Crippen LogP contribution in [0.1, 0.15) is 12.0 Å². The third-order valence-corrected chi connectivity index (χ3v) is 3.43. The molecule has 1 heterocycles. The lowest BCUT2D eigenvalue weighted by Gasteiger charge is -2.15. The first-order valence-corrected chi connectivity index (χ1v) is 7.10. The number of aromatic nitrogens is 1. The number of aliphatic hydroxyl groups excluding tert-OH is 1. The van der Waals surface area contributed by atoms with Gasteiger partial charge in [-0.2, -0.15) is 0 Å². The summed E-state index contributed by atoms with van der Waals surface area (Å²) in [5.74, 6) is 1.74. The van der Waals surface area contributed by atoms with Crippen LogP contribution in [0.15, 0.2) is 30.5 Å². The minimum Gasteiger partial charge on any atom is -0.493 e. The Morgan fingerprint density at radius 2 is 1.73 bits per heavy atom. The number of hydrogen-bond donors (Lipinski definition) is 1. The highest BCUT2D eigenvalue weighted by Crippen LogP contribution is 2.41. The van der Waals surface area contributed by atoms with Crippen molar-refractivity contribution in [2.45, 2.75) is 12.8 Å². The third-order valence-electron chi connectivity index (χ3n) is 3.43. The van der Waals surface area contributed by atoms with Crippen LogP contribution in [0.3, 0.4) is 0 Å². The van der Waals surface area contributed by atoms with E-state index in [1.54, 1.807) is 27.5 Å². The molecule has 0 unspecified atom stereocenters. The molecule has 0 spiro atoms. The zero-order valence-corrected chi connectivity index (χ0v) is 13.1. The second-order valence-electron chi connectivity index (χ2n) is 4.75. The molecule has 0 bridgehead atoms. The number of nitrogens with zero attached hydrogens (tertiary/aromatic N) is 1. The molecule has 1 aromatic carbocycles. The summed E-state index contributed by atoms with van der Waals surface area (Å²) in [6, 6.07) is 7.67.